The van der Waals surface area contributed by atoms with Crippen molar-refractivity contribution in [2.75, 3.05) is 24.2 Å². The molecular weight excluding hydrogens is 524 g/mol. The Morgan fingerprint density at radius 2 is 1.70 bits per heavy atom. The fourth-order valence-electron chi connectivity index (χ4n) is 5.10. The first-order chi connectivity index (χ1) is 19.5. The lowest BCUT2D eigenvalue weighted by Gasteiger charge is -2.17. The second-order valence-corrected chi connectivity index (χ2v) is 10.9. The Balaban J connectivity index is 1.02. The van der Waals surface area contributed by atoms with Crippen molar-refractivity contribution in [3.63, 3.8) is 0 Å². The number of thioether (sulfide) groups is 1. The van der Waals surface area contributed by atoms with Gasteiger partial charge in [-0.15, -0.1) is 11.8 Å². The number of benzene rings is 4. The van der Waals surface area contributed by atoms with E-state index in [2.05, 4.69) is 29.6 Å². The number of ether oxygens (including phenoxy) is 2. The van der Waals surface area contributed by atoms with Crippen molar-refractivity contribution < 1.29 is 23.9 Å². The Bertz CT molecular complexity index is 1580. The fourth-order valence-corrected chi connectivity index (χ4v) is 5.93. The summed E-state index contributed by atoms with van der Waals surface area (Å²) in [6.07, 6.45) is 1.70. The SMILES string of the molecule is O=C(CSCc1cccc2ccccc12)Nc1ccc(Oc2ccc3c(c2)C(=O)N(CC2CCCO2)C3=O)cc1. The van der Waals surface area contributed by atoms with Crippen LogP contribution in [0.5, 0.6) is 11.5 Å². The van der Waals surface area contributed by atoms with E-state index in [1.165, 1.54) is 21.2 Å². The first-order valence-corrected chi connectivity index (χ1v) is 14.4. The standard InChI is InChI=1S/C32H28N2O5S/c35-30(20-40-19-22-7-3-6-21-5-1-2-9-27(21)22)33-23-10-12-24(13-11-23)39-25-14-15-28-29(17-25)32(37)34(31(28)36)18-26-8-4-16-38-26/h1-3,5-7,9-15,17,26H,4,8,16,18-20H2,(H,33,35). The van der Waals surface area contributed by atoms with Gasteiger partial charge in [0.05, 0.1) is 29.5 Å². The van der Waals surface area contributed by atoms with Crippen molar-refractivity contribution in [2.24, 2.45) is 0 Å². The maximum absolute atomic E-state index is 12.9. The first kappa shape index (κ1) is 26.1. The third-order valence-electron chi connectivity index (χ3n) is 7.10. The van der Waals surface area contributed by atoms with E-state index in [4.69, 9.17) is 9.47 Å². The minimum Gasteiger partial charge on any atom is -0.457 e. The number of nitrogens with zero attached hydrogens (tertiary/aromatic N) is 1. The molecule has 0 aromatic heterocycles. The molecule has 0 saturated carbocycles. The van der Waals surface area contributed by atoms with E-state index < -0.39 is 0 Å². The summed E-state index contributed by atoms with van der Waals surface area (Å²) >= 11 is 1.57. The summed E-state index contributed by atoms with van der Waals surface area (Å²) in [7, 11) is 0. The molecule has 4 aromatic rings. The van der Waals surface area contributed by atoms with Crippen LogP contribution in [0.2, 0.25) is 0 Å². The number of rotatable bonds is 9. The van der Waals surface area contributed by atoms with Crippen molar-refractivity contribution in [3.8, 4) is 11.5 Å². The minimum absolute atomic E-state index is 0.0757. The molecule has 1 unspecified atom stereocenters. The lowest BCUT2D eigenvalue weighted by Crippen LogP contribution is -2.36. The summed E-state index contributed by atoms with van der Waals surface area (Å²) in [5, 5.41) is 5.33. The molecule has 2 aliphatic heterocycles. The normalized spacial score (nSPS) is 16.4. The summed E-state index contributed by atoms with van der Waals surface area (Å²) < 4.78 is 11.5. The zero-order valence-electron chi connectivity index (χ0n) is 21.8. The lowest BCUT2D eigenvalue weighted by molar-refractivity contribution is -0.113. The topological polar surface area (TPSA) is 84.9 Å². The van der Waals surface area contributed by atoms with Gasteiger partial charge in [0.25, 0.3) is 11.8 Å². The Labute approximate surface area is 236 Å². The molecule has 4 aromatic carbocycles. The van der Waals surface area contributed by atoms with Gasteiger partial charge in [-0.1, -0.05) is 42.5 Å². The number of hydrogen-bond donors (Lipinski definition) is 1. The van der Waals surface area contributed by atoms with Gasteiger partial charge in [-0.25, -0.2) is 0 Å². The summed E-state index contributed by atoms with van der Waals surface area (Å²) in [6, 6.07) is 26.5. The van der Waals surface area contributed by atoms with Gasteiger partial charge >= 0.3 is 0 Å². The number of carbonyl (C=O) groups excluding carboxylic acids is 3. The molecule has 8 heteroatoms. The average molecular weight is 553 g/mol. The molecule has 202 valence electrons. The monoisotopic (exact) mass is 552 g/mol. The van der Waals surface area contributed by atoms with Gasteiger partial charge in [0.2, 0.25) is 5.91 Å². The van der Waals surface area contributed by atoms with Crippen LogP contribution in [-0.2, 0) is 15.3 Å². The maximum atomic E-state index is 12.9. The van der Waals surface area contributed by atoms with E-state index in [9.17, 15) is 14.4 Å². The molecule has 7 nitrogen and oxygen atoms in total. The predicted octanol–water partition coefficient (Wildman–Crippen LogP) is 6.28. The van der Waals surface area contributed by atoms with Gasteiger partial charge in [0.1, 0.15) is 11.5 Å². The quantitative estimate of drug-likeness (QED) is 0.246. The number of anilines is 1. The molecule has 2 aliphatic rings. The molecule has 1 N–H and O–H groups in total. The highest BCUT2D eigenvalue weighted by molar-refractivity contribution is 7.99. The molecule has 0 bridgehead atoms. The number of fused-ring (bicyclic) bond motifs is 2. The van der Waals surface area contributed by atoms with Crippen molar-refractivity contribution in [1.29, 1.82) is 0 Å². The van der Waals surface area contributed by atoms with E-state index in [0.29, 0.717) is 40.7 Å². The Morgan fingerprint density at radius 1 is 0.925 bits per heavy atom. The Kier molecular flexibility index (Phi) is 7.53. The molecule has 6 rings (SSSR count). The first-order valence-electron chi connectivity index (χ1n) is 13.3. The zero-order valence-corrected chi connectivity index (χ0v) is 22.6. The highest BCUT2D eigenvalue weighted by Gasteiger charge is 2.37. The second kappa shape index (κ2) is 11.5. The molecule has 0 aliphatic carbocycles. The minimum atomic E-state index is -0.322. The molecule has 40 heavy (non-hydrogen) atoms. The number of imide groups is 1. The summed E-state index contributed by atoms with van der Waals surface area (Å²) in [4.78, 5) is 39.4. The maximum Gasteiger partial charge on any atom is 0.261 e. The van der Waals surface area contributed by atoms with Crippen LogP contribution in [0.4, 0.5) is 5.69 Å². The fraction of sp³-hybridized carbons (Fsp3) is 0.219. The van der Waals surface area contributed by atoms with Crippen LogP contribution < -0.4 is 10.1 Å². The van der Waals surface area contributed by atoms with Crippen LogP contribution in [-0.4, -0.2) is 47.6 Å². The number of hydrogen-bond acceptors (Lipinski definition) is 6. The summed E-state index contributed by atoms with van der Waals surface area (Å²) in [5.41, 5.74) is 2.60. The van der Waals surface area contributed by atoms with E-state index in [0.717, 1.165) is 18.6 Å². The summed E-state index contributed by atoms with van der Waals surface area (Å²) in [5.74, 6) is 1.41. The van der Waals surface area contributed by atoms with Gasteiger partial charge in [0.15, 0.2) is 0 Å². The number of nitrogens with one attached hydrogen (secondary N) is 1. The van der Waals surface area contributed by atoms with Crippen molar-refractivity contribution >= 4 is 45.9 Å². The molecule has 1 atom stereocenters. The second-order valence-electron chi connectivity index (χ2n) is 9.87. The van der Waals surface area contributed by atoms with Crippen LogP contribution in [0.15, 0.2) is 84.9 Å². The van der Waals surface area contributed by atoms with E-state index in [1.54, 1.807) is 54.2 Å². The largest absolute Gasteiger partial charge is 0.457 e. The molecule has 2 heterocycles. The highest BCUT2D eigenvalue weighted by Crippen LogP contribution is 2.31. The highest BCUT2D eigenvalue weighted by atomic mass is 32.2. The molecule has 0 spiro atoms. The molecule has 1 fully saturated rings. The van der Waals surface area contributed by atoms with Crippen molar-refractivity contribution in [3.05, 3.63) is 102 Å². The molecule has 1 saturated heterocycles. The van der Waals surface area contributed by atoms with Crippen LogP contribution in [0.1, 0.15) is 39.1 Å². The smallest absolute Gasteiger partial charge is 0.261 e. The zero-order chi connectivity index (χ0) is 27.5. The van der Waals surface area contributed by atoms with Gasteiger partial charge in [-0.3, -0.25) is 19.3 Å². The Hall–Kier alpha value is -4.14. The third kappa shape index (κ3) is 5.59. The number of amides is 3. The third-order valence-corrected chi connectivity index (χ3v) is 8.08. The van der Waals surface area contributed by atoms with Crippen molar-refractivity contribution in [1.82, 2.24) is 4.90 Å². The number of carbonyl (C=O) groups is 3. The van der Waals surface area contributed by atoms with Gasteiger partial charge in [-0.2, -0.15) is 0 Å². The van der Waals surface area contributed by atoms with Crippen LogP contribution in [0.25, 0.3) is 10.8 Å². The van der Waals surface area contributed by atoms with Crippen molar-refractivity contribution in [2.45, 2.75) is 24.7 Å². The lowest BCUT2D eigenvalue weighted by atomic mass is 10.1. The molecular formula is C32H28N2O5S. The Morgan fingerprint density at radius 3 is 2.52 bits per heavy atom. The van der Waals surface area contributed by atoms with E-state index in [-0.39, 0.29) is 30.4 Å². The van der Waals surface area contributed by atoms with E-state index in [1.807, 2.05) is 18.2 Å². The van der Waals surface area contributed by atoms with E-state index >= 15 is 0 Å². The molecule has 0 radical (unpaired) electrons. The van der Waals surface area contributed by atoms with Gasteiger partial charge in [-0.05, 0) is 71.6 Å². The van der Waals surface area contributed by atoms with Crippen LogP contribution in [0, 0.1) is 0 Å². The van der Waals surface area contributed by atoms with Crippen LogP contribution in [0.3, 0.4) is 0 Å². The summed E-state index contributed by atoms with van der Waals surface area (Å²) in [6.45, 7) is 0.941. The van der Waals surface area contributed by atoms with Crippen LogP contribution >= 0.6 is 11.8 Å². The molecule has 3 amide bonds. The van der Waals surface area contributed by atoms with Gasteiger partial charge in [0, 0.05) is 18.0 Å². The van der Waals surface area contributed by atoms with Gasteiger partial charge < -0.3 is 14.8 Å². The average Bonchev–Trinajstić information content (AvgIpc) is 3.57. The predicted molar refractivity (Wildman–Crippen MR) is 156 cm³/mol.